The molecule has 1 amide bonds. The predicted octanol–water partition coefficient (Wildman–Crippen LogP) is -0.183. The molecule has 3 N–H and O–H groups in total. The molecular weight excluding hydrogens is 104 g/mol. The van der Waals surface area contributed by atoms with E-state index < -0.39 is 0 Å². The Bertz CT molecular complexity index is 80.5. The van der Waals surface area contributed by atoms with Gasteiger partial charge in [0.1, 0.15) is 0 Å². The monoisotopic (exact) mass is 116 g/mol. The molecule has 3 nitrogen and oxygen atoms in total. The Hall–Kier alpha value is -0.570. The van der Waals surface area contributed by atoms with E-state index in [-0.39, 0.29) is 12.1 Å². The minimum absolute atomic E-state index is 0.000000000000000444. The topological polar surface area (TPSA) is 55.1 Å². The normalized spacial score (nSPS) is 12.9. The molecule has 0 aliphatic heterocycles. The summed E-state index contributed by atoms with van der Waals surface area (Å²) in [5.41, 5.74) is 5.24. The first-order valence-corrected chi connectivity index (χ1v) is 2.71. The van der Waals surface area contributed by atoms with E-state index in [1.54, 1.807) is 13.8 Å². The Balaban J connectivity index is 3.25. The van der Waals surface area contributed by atoms with Crippen LogP contribution in [-0.2, 0) is 4.79 Å². The molecule has 0 saturated heterocycles. The number of carbonyl (C=O) groups is 1. The minimum Gasteiger partial charge on any atom is -0.341 e. The molecule has 0 unspecified atom stereocenters. The zero-order chi connectivity index (χ0) is 6.57. The lowest BCUT2D eigenvalue weighted by molar-refractivity contribution is -0.121. The van der Waals surface area contributed by atoms with Gasteiger partial charge in [0, 0.05) is 6.42 Å². The maximum Gasteiger partial charge on any atom is 0.220 e. The van der Waals surface area contributed by atoms with Crippen molar-refractivity contribution in [1.82, 2.24) is 5.32 Å². The lowest BCUT2D eigenvalue weighted by Crippen LogP contribution is -2.38. The smallest absolute Gasteiger partial charge is 0.220 e. The van der Waals surface area contributed by atoms with Gasteiger partial charge in [-0.15, -0.1) is 0 Å². The summed E-state index contributed by atoms with van der Waals surface area (Å²) in [5, 5.41) is 2.53. The maximum atomic E-state index is 10.4. The van der Waals surface area contributed by atoms with Gasteiger partial charge in [-0.1, -0.05) is 6.92 Å². The highest BCUT2D eigenvalue weighted by Gasteiger charge is 1.96. The molecule has 0 aromatic carbocycles. The van der Waals surface area contributed by atoms with Crippen LogP contribution in [0.5, 0.6) is 0 Å². The number of hydrogen-bond acceptors (Lipinski definition) is 2. The second-order valence-electron chi connectivity index (χ2n) is 1.71. The molecule has 1 atom stereocenters. The first-order valence-electron chi connectivity index (χ1n) is 2.71. The molecule has 0 rings (SSSR count). The molecule has 0 aromatic heterocycles. The molecule has 0 radical (unpaired) electrons. The van der Waals surface area contributed by atoms with E-state index in [0.29, 0.717) is 6.42 Å². The summed E-state index contributed by atoms with van der Waals surface area (Å²) in [6, 6.07) is 0. The van der Waals surface area contributed by atoms with Crippen LogP contribution in [0.15, 0.2) is 0 Å². The summed E-state index contributed by atoms with van der Waals surface area (Å²) in [4.78, 5) is 10.4. The number of nitrogens with one attached hydrogen (secondary N) is 1. The van der Waals surface area contributed by atoms with Crippen LogP contribution in [-0.4, -0.2) is 12.1 Å². The Morgan fingerprint density at radius 2 is 2.38 bits per heavy atom. The number of rotatable bonds is 2. The number of nitrogens with two attached hydrogens (primary N) is 1. The van der Waals surface area contributed by atoms with Crippen molar-refractivity contribution in [3.63, 3.8) is 0 Å². The molecule has 0 fully saturated rings. The van der Waals surface area contributed by atoms with E-state index in [0.717, 1.165) is 0 Å². The van der Waals surface area contributed by atoms with Gasteiger partial charge in [0.2, 0.25) is 5.91 Å². The lowest BCUT2D eigenvalue weighted by atomic mass is 10.4. The third-order valence-electron chi connectivity index (χ3n) is 0.710. The molecule has 0 spiro atoms. The first kappa shape index (κ1) is 7.43. The van der Waals surface area contributed by atoms with Crippen LogP contribution in [0, 0.1) is 0 Å². The molecule has 0 aromatic rings. The van der Waals surface area contributed by atoms with Crippen LogP contribution in [0.4, 0.5) is 0 Å². The Morgan fingerprint density at radius 3 is 2.50 bits per heavy atom. The highest BCUT2D eigenvalue weighted by atomic mass is 16.1. The summed E-state index contributed by atoms with van der Waals surface area (Å²) < 4.78 is 0. The molecule has 48 valence electrons. The Kier molecular flexibility index (Phi) is 3.19. The van der Waals surface area contributed by atoms with Crippen molar-refractivity contribution in [2.75, 3.05) is 0 Å². The third kappa shape index (κ3) is 3.61. The molecule has 8 heavy (non-hydrogen) atoms. The fourth-order valence-corrected chi connectivity index (χ4v) is 0.356. The van der Waals surface area contributed by atoms with Gasteiger partial charge in [-0.2, -0.15) is 0 Å². The average Bonchev–Trinajstić information content (AvgIpc) is 1.65. The van der Waals surface area contributed by atoms with E-state index in [2.05, 4.69) is 5.32 Å². The largest absolute Gasteiger partial charge is 0.341 e. The van der Waals surface area contributed by atoms with Gasteiger partial charge in [0.05, 0.1) is 6.17 Å². The van der Waals surface area contributed by atoms with Crippen molar-refractivity contribution >= 4 is 5.91 Å². The van der Waals surface area contributed by atoms with Gasteiger partial charge in [-0.25, -0.2) is 0 Å². The SMILES string of the molecule is CCC(=O)N[C@@H](C)N. The molecule has 0 heterocycles. The maximum absolute atomic E-state index is 10.4. The van der Waals surface area contributed by atoms with E-state index in [9.17, 15) is 4.79 Å². The van der Waals surface area contributed by atoms with Gasteiger partial charge in [-0.3, -0.25) is 4.79 Å². The van der Waals surface area contributed by atoms with Crippen LogP contribution in [0.3, 0.4) is 0 Å². The number of hydrogen-bond donors (Lipinski definition) is 2. The molecule has 0 saturated carbocycles. The number of carbonyl (C=O) groups excluding carboxylic acids is 1. The van der Waals surface area contributed by atoms with Crippen molar-refractivity contribution in [2.24, 2.45) is 5.73 Å². The minimum atomic E-state index is -0.220. The molecule has 3 heteroatoms. The van der Waals surface area contributed by atoms with Gasteiger partial charge in [-0.05, 0) is 6.92 Å². The highest BCUT2D eigenvalue weighted by molar-refractivity contribution is 5.75. The Labute approximate surface area is 49.3 Å². The van der Waals surface area contributed by atoms with E-state index in [1.165, 1.54) is 0 Å². The fraction of sp³-hybridized carbons (Fsp3) is 0.800. The predicted molar refractivity (Wildman–Crippen MR) is 32.1 cm³/mol. The van der Waals surface area contributed by atoms with Crippen LogP contribution < -0.4 is 11.1 Å². The van der Waals surface area contributed by atoms with Gasteiger partial charge < -0.3 is 11.1 Å². The van der Waals surface area contributed by atoms with Crippen molar-refractivity contribution in [1.29, 1.82) is 0 Å². The highest BCUT2D eigenvalue weighted by Crippen LogP contribution is 1.74. The molecule has 0 aliphatic carbocycles. The van der Waals surface area contributed by atoms with Gasteiger partial charge in [0.25, 0.3) is 0 Å². The van der Waals surface area contributed by atoms with Crippen molar-refractivity contribution in [3.8, 4) is 0 Å². The standard InChI is InChI=1S/C5H12N2O/c1-3-5(8)7-4(2)6/h4H,3,6H2,1-2H3,(H,7,8)/t4-/m0/s1. The van der Waals surface area contributed by atoms with Gasteiger partial charge >= 0.3 is 0 Å². The third-order valence-corrected chi connectivity index (χ3v) is 0.710. The second-order valence-corrected chi connectivity index (χ2v) is 1.71. The summed E-state index contributed by atoms with van der Waals surface area (Å²) in [6.45, 7) is 3.52. The summed E-state index contributed by atoms with van der Waals surface area (Å²) >= 11 is 0. The van der Waals surface area contributed by atoms with Crippen molar-refractivity contribution in [2.45, 2.75) is 26.4 Å². The van der Waals surface area contributed by atoms with Crippen LogP contribution in [0.1, 0.15) is 20.3 Å². The molecular formula is C5H12N2O. The Morgan fingerprint density at radius 1 is 1.88 bits per heavy atom. The van der Waals surface area contributed by atoms with Crippen molar-refractivity contribution in [3.05, 3.63) is 0 Å². The molecule has 0 aliphatic rings. The van der Waals surface area contributed by atoms with Gasteiger partial charge in [0.15, 0.2) is 0 Å². The van der Waals surface area contributed by atoms with E-state index >= 15 is 0 Å². The van der Waals surface area contributed by atoms with E-state index in [1.807, 2.05) is 0 Å². The molecule has 0 bridgehead atoms. The van der Waals surface area contributed by atoms with Crippen molar-refractivity contribution < 1.29 is 4.79 Å². The lowest BCUT2D eigenvalue weighted by Gasteiger charge is -2.04. The zero-order valence-corrected chi connectivity index (χ0v) is 5.27. The summed E-state index contributed by atoms with van der Waals surface area (Å²) in [7, 11) is 0. The van der Waals surface area contributed by atoms with Crippen LogP contribution in [0.2, 0.25) is 0 Å². The second kappa shape index (κ2) is 3.43. The summed E-state index contributed by atoms with van der Waals surface area (Å²) in [5.74, 6) is 0.000000000000000444. The van der Waals surface area contributed by atoms with Crippen LogP contribution in [0.25, 0.3) is 0 Å². The summed E-state index contributed by atoms with van der Waals surface area (Å²) in [6.07, 6.45) is 0.282. The van der Waals surface area contributed by atoms with E-state index in [4.69, 9.17) is 5.73 Å². The quantitative estimate of drug-likeness (QED) is 0.491. The first-order chi connectivity index (χ1) is 3.66. The fourth-order valence-electron chi connectivity index (χ4n) is 0.356. The zero-order valence-electron chi connectivity index (χ0n) is 5.27. The van der Waals surface area contributed by atoms with Crippen LogP contribution >= 0.6 is 0 Å². The average molecular weight is 116 g/mol. The number of amides is 1.